The molecule has 4 nitrogen and oxygen atoms in total. The SMILES string of the molecule is CC(=O)NC1CCN(CC(O)C(C)C)C1. The summed E-state index contributed by atoms with van der Waals surface area (Å²) >= 11 is 0. The molecule has 0 aromatic heterocycles. The Hall–Kier alpha value is -0.610. The van der Waals surface area contributed by atoms with Crippen LogP contribution in [0.15, 0.2) is 0 Å². The summed E-state index contributed by atoms with van der Waals surface area (Å²) in [5.41, 5.74) is 0. The smallest absolute Gasteiger partial charge is 0.217 e. The van der Waals surface area contributed by atoms with Gasteiger partial charge in [0.2, 0.25) is 5.91 Å². The van der Waals surface area contributed by atoms with Crippen molar-refractivity contribution in [3.8, 4) is 0 Å². The average Bonchev–Trinajstić information content (AvgIpc) is 2.51. The number of carbonyl (C=O) groups excluding carboxylic acids is 1. The van der Waals surface area contributed by atoms with Crippen molar-refractivity contribution in [1.82, 2.24) is 10.2 Å². The van der Waals surface area contributed by atoms with Crippen LogP contribution in [0.3, 0.4) is 0 Å². The first-order valence-corrected chi connectivity index (χ1v) is 5.66. The first-order chi connectivity index (χ1) is 6.99. The summed E-state index contributed by atoms with van der Waals surface area (Å²) in [5.74, 6) is 0.330. The van der Waals surface area contributed by atoms with Crippen LogP contribution in [0.25, 0.3) is 0 Å². The van der Waals surface area contributed by atoms with Gasteiger partial charge in [-0.15, -0.1) is 0 Å². The molecule has 15 heavy (non-hydrogen) atoms. The number of hydrogen-bond donors (Lipinski definition) is 2. The Kier molecular flexibility index (Phi) is 4.54. The van der Waals surface area contributed by atoms with Crippen molar-refractivity contribution in [3.05, 3.63) is 0 Å². The number of aliphatic hydroxyl groups excluding tert-OH is 1. The van der Waals surface area contributed by atoms with E-state index in [1.54, 1.807) is 6.92 Å². The van der Waals surface area contributed by atoms with Crippen LogP contribution in [-0.2, 0) is 4.79 Å². The zero-order valence-electron chi connectivity index (χ0n) is 9.86. The summed E-state index contributed by atoms with van der Waals surface area (Å²) in [6.45, 7) is 8.13. The summed E-state index contributed by atoms with van der Waals surface area (Å²) in [5, 5.41) is 12.6. The molecule has 1 heterocycles. The number of aliphatic hydroxyl groups is 1. The van der Waals surface area contributed by atoms with E-state index >= 15 is 0 Å². The third-order valence-corrected chi connectivity index (χ3v) is 2.89. The molecule has 0 bridgehead atoms. The Morgan fingerprint density at radius 3 is 2.80 bits per heavy atom. The lowest BCUT2D eigenvalue weighted by Crippen LogP contribution is -2.38. The molecule has 0 aromatic rings. The number of β-amino-alcohol motifs (C(OH)–C–C–N with tert-alkyl or cyclic N) is 1. The number of likely N-dealkylation sites (tertiary alicyclic amines) is 1. The molecule has 88 valence electrons. The molecule has 0 aliphatic carbocycles. The third kappa shape index (κ3) is 4.18. The summed E-state index contributed by atoms with van der Waals surface area (Å²) in [6.07, 6.45) is 0.728. The van der Waals surface area contributed by atoms with Gasteiger partial charge >= 0.3 is 0 Å². The molecule has 0 spiro atoms. The van der Waals surface area contributed by atoms with Gasteiger partial charge in [0.15, 0.2) is 0 Å². The van der Waals surface area contributed by atoms with Crippen molar-refractivity contribution in [2.75, 3.05) is 19.6 Å². The summed E-state index contributed by atoms with van der Waals surface area (Å²) in [6, 6.07) is 0.266. The highest BCUT2D eigenvalue weighted by molar-refractivity contribution is 5.73. The van der Waals surface area contributed by atoms with Gasteiger partial charge in [-0.1, -0.05) is 13.8 Å². The number of carbonyl (C=O) groups is 1. The Morgan fingerprint density at radius 1 is 1.60 bits per heavy atom. The Bertz CT molecular complexity index is 219. The van der Waals surface area contributed by atoms with Crippen LogP contribution in [0, 0.1) is 5.92 Å². The molecule has 2 atom stereocenters. The molecule has 1 saturated heterocycles. The third-order valence-electron chi connectivity index (χ3n) is 2.89. The molecule has 1 rings (SSSR count). The minimum absolute atomic E-state index is 0.0336. The standard InChI is InChI=1S/C11H22N2O2/c1-8(2)11(15)7-13-5-4-10(6-13)12-9(3)14/h8,10-11,15H,4-7H2,1-3H3,(H,12,14). The van der Waals surface area contributed by atoms with Gasteiger partial charge in [0.1, 0.15) is 0 Å². The predicted octanol–water partition coefficient (Wildman–Crippen LogP) is 0.214. The number of amides is 1. The fourth-order valence-electron chi connectivity index (χ4n) is 1.88. The maximum Gasteiger partial charge on any atom is 0.217 e. The number of nitrogens with zero attached hydrogens (tertiary/aromatic N) is 1. The van der Waals surface area contributed by atoms with Gasteiger partial charge in [-0.25, -0.2) is 0 Å². The van der Waals surface area contributed by atoms with Crippen LogP contribution in [-0.4, -0.2) is 47.7 Å². The monoisotopic (exact) mass is 214 g/mol. The summed E-state index contributed by atoms with van der Waals surface area (Å²) in [7, 11) is 0. The Labute approximate surface area is 91.6 Å². The second-order valence-electron chi connectivity index (χ2n) is 4.76. The number of rotatable bonds is 4. The summed E-state index contributed by atoms with van der Waals surface area (Å²) in [4.78, 5) is 13.1. The zero-order valence-corrected chi connectivity index (χ0v) is 9.86. The molecule has 4 heteroatoms. The molecule has 2 N–H and O–H groups in total. The van der Waals surface area contributed by atoms with Crippen molar-refractivity contribution in [2.24, 2.45) is 5.92 Å². The van der Waals surface area contributed by atoms with E-state index in [0.717, 1.165) is 19.5 Å². The highest BCUT2D eigenvalue weighted by Crippen LogP contribution is 2.12. The molecule has 0 aromatic carbocycles. The fraction of sp³-hybridized carbons (Fsp3) is 0.909. The molecule has 0 saturated carbocycles. The van der Waals surface area contributed by atoms with Crippen molar-refractivity contribution in [1.29, 1.82) is 0 Å². The van der Waals surface area contributed by atoms with Crippen molar-refractivity contribution < 1.29 is 9.90 Å². The molecule has 1 fully saturated rings. The van der Waals surface area contributed by atoms with Gasteiger partial charge in [-0.3, -0.25) is 9.69 Å². The molecule has 0 radical (unpaired) electrons. The average molecular weight is 214 g/mol. The van der Waals surface area contributed by atoms with Crippen LogP contribution in [0.5, 0.6) is 0 Å². The van der Waals surface area contributed by atoms with Crippen molar-refractivity contribution in [2.45, 2.75) is 39.3 Å². The lowest BCUT2D eigenvalue weighted by atomic mass is 10.1. The molecule has 1 amide bonds. The number of nitrogens with one attached hydrogen (secondary N) is 1. The van der Waals surface area contributed by atoms with Gasteiger partial charge < -0.3 is 10.4 Å². The zero-order chi connectivity index (χ0) is 11.4. The normalized spacial score (nSPS) is 24.5. The highest BCUT2D eigenvalue weighted by atomic mass is 16.3. The van der Waals surface area contributed by atoms with Crippen molar-refractivity contribution >= 4 is 5.91 Å². The summed E-state index contributed by atoms with van der Waals surface area (Å²) < 4.78 is 0. The Balaban J connectivity index is 2.27. The van der Waals surface area contributed by atoms with Gasteiger partial charge in [0.05, 0.1) is 6.10 Å². The van der Waals surface area contributed by atoms with E-state index in [-0.39, 0.29) is 18.1 Å². The van der Waals surface area contributed by atoms with Gasteiger partial charge in [-0.05, 0) is 12.3 Å². The predicted molar refractivity (Wildman–Crippen MR) is 59.5 cm³/mol. The topological polar surface area (TPSA) is 52.6 Å². The van der Waals surface area contributed by atoms with E-state index in [1.165, 1.54) is 0 Å². The Morgan fingerprint density at radius 2 is 2.27 bits per heavy atom. The maximum atomic E-state index is 10.9. The quantitative estimate of drug-likeness (QED) is 0.703. The molecular weight excluding hydrogens is 192 g/mol. The van der Waals surface area contributed by atoms with E-state index < -0.39 is 0 Å². The van der Waals surface area contributed by atoms with Gasteiger partial charge in [-0.2, -0.15) is 0 Å². The molecule has 1 aliphatic heterocycles. The van der Waals surface area contributed by atoms with E-state index in [0.29, 0.717) is 12.5 Å². The highest BCUT2D eigenvalue weighted by Gasteiger charge is 2.25. The maximum absolute atomic E-state index is 10.9. The van der Waals surface area contributed by atoms with Crippen LogP contribution in [0.2, 0.25) is 0 Å². The first kappa shape index (κ1) is 12.5. The van der Waals surface area contributed by atoms with E-state index in [4.69, 9.17) is 0 Å². The van der Waals surface area contributed by atoms with E-state index in [1.807, 2.05) is 13.8 Å². The van der Waals surface area contributed by atoms with Gasteiger partial charge in [0, 0.05) is 32.6 Å². The van der Waals surface area contributed by atoms with Crippen molar-refractivity contribution in [3.63, 3.8) is 0 Å². The van der Waals surface area contributed by atoms with E-state index in [9.17, 15) is 9.90 Å². The first-order valence-electron chi connectivity index (χ1n) is 5.66. The van der Waals surface area contributed by atoms with Crippen LogP contribution in [0.1, 0.15) is 27.2 Å². The van der Waals surface area contributed by atoms with Crippen LogP contribution in [0.4, 0.5) is 0 Å². The minimum atomic E-state index is -0.263. The molecule has 2 unspecified atom stereocenters. The van der Waals surface area contributed by atoms with Crippen LogP contribution >= 0.6 is 0 Å². The molecule has 1 aliphatic rings. The number of hydrogen-bond acceptors (Lipinski definition) is 3. The lowest BCUT2D eigenvalue weighted by molar-refractivity contribution is -0.119. The molecular formula is C11H22N2O2. The fourth-order valence-corrected chi connectivity index (χ4v) is 1.88. The largest absolute Gasteiger partial charge is 0.392 e. The van der Waals surface area contributed by atoms with Gasteiger partial charge in [0.25, 0.3) is 0 Å². The minimum Gasteiger partial charge on any atom is -0.392 e. The van der Waals surface area contributed by atoms with Crippen LogP contribution < -0.4 is 5.32 Å². The second kappa shape index (κ2) is 5.47. The lowest BCUT2D eigenvalue weighted by Gasteiger charge is -2.22. The second-order valence-corrected chi connectivity index (χ2v) is 4.76. The van der Waals surface area contributed by atoms with E-state index in [2.05, 4.69) is 10.2 Å².